The number of carbonyl (C=O) groups is 1. The summed E-state index contributed by atoms with van der Waals surface area (Å²) in [5.41, 5.74) is 11.7. The molecule has 19 heavy (non-hydrogen) atoms. The van der Waals surface area contributed by atoms with E-state index in [1.54, 1.807) is 6.07 Å². The van der Waals surface area contributed by atoms with Crippen LogP contribution < -0.4 is 16.4 Å². The molecule has 1 amide bonds. The Bertz CT molecular complexity index is 465. The van der Waals surface area contributed by atoms with Gasteiger partial charge in [-0.1, -0.05) is 13.8 Å². The number of primary amides is 1. The molecule has 104 valence electrons. The SMILES string of the molecule is CC(C)C1CCN(c2cc(C(N)=O)c(N)cn2)CC1. The largest absolute Gasteiger partial charge is 0.397 e. The predicted octanol–water partition coefficient (Wildman–Crippen LogP) is 1.64. The van der Waals surface area contributed by atoms with Crippen LogP contribution in [-0.2, 0) is 0 Å². The summed E-state index contributed by atoms with van der Waals surface area (Å²) in [5, 5.41) is 0. The van der Waals surface area contributed by atoms with Gasteiger partial charge in [0.05, 0.1) is 17.4 Å². The molecule has 0 saturated carbocycles. The van der Waals surface area contributed by atoms with Crippen LogP contribution in [-0.4, -0.2) is 24.0 Å². The lowest BCUT2D eigenvalue weighted by molar-refractivity contribution is 0.100. The summed E-state index contributed by atoms with van der Waals surface area (Å²) < 4.78 is 0. The van der Waals surface area contributed by atoms with Gasteiger partial charge in [-0.05, 0) is 30.7 Å². The maximum Gasteiger partial charge on any atom is 0.250 e. The third-order valence-corrected chi connectivity index (χ3v) is 3.99. The zero-order valence-electron chi connectivity index (χ0n) is 11.6. The van der Waals surface area contributed by atoms with Gasteiger partial charge in [0.2, 0.25) is 0 Å². The van der Waals surface area contributed by atoms with Gasteiger partial charge in [0, 0.05) is 13.1 Å². The molecule has 1 aliphatic heterocycles. The van der Waals surface area contributed by atoms with Gasteiger partial charge in [-0.3, -0.25) is 4.79 Å². The van der Waals surface area contributed by atoms with Gasteiger partial charge >= 0.3 is 0 Å². The van der Waals surface area contributed by atoms with E-state index < -0.39 is 5.91 Å². The Labute approximate surface area is 114 Å². The Balaban J connectivity index is 2.12. The second-order valence-corrected chi connectivity index (χ2v) is 5.56. The van der Waals surface area contributed by atoms with Crippen molar-refractivity contribution < 1.29 is 4.79 Å². The molecule has 0 aromatic carbocycles. The summed E-state index contributed by atoms with van der Waals surface area (Å²) in [6.45, 7) is 6.48. The number of piperidine rings is 1. The molecule has 1 fully saturated rings. The van der Waals surface area contributed by atoms with Crippen LogP contribution in [0.2, 0.25) is 0 Å². The summed E-state index contributed by atoms with van der Waals surface area (Å²) >= 11 is 0. The van der Waals surface area contributed by atoms with Crippen LogP contribution in [0.5, 0.6) is 0 Å². The highest BCUT2D eigenvalue weighted by Crippen LogP contribution is 2.27. The second-order valence-electron chi connectivity index (χ2n) is 5.56. The minimum atomic E-state index is -0.502. The third-order valence-electron chi connectivity index (χ3n) is 3.99. The quantitative estimate of drug-likeness (QED) is 0.867. The van der Waals surface area contributed by atoms with E-state index in [2.05, 4.69) is 23.7 Å². The van der Waals surface area contributed by atoms with Gasteiger partial charge in [-0.25, -0.2) is 4.98 Å². The summed E-state index contributed by atoms with van der Waals surface area (Å²) in [4.78, 5) is 17.8. The first-order chi connectivity index (χ1) is 8.99. The van der Waals surface area contributed by atoms with E-state index in [1.165, 1.54) is 6.20 Å². The Morgan fingerprint density at radius 3 is 2.58 bits per heavy atom. The van der Waals surface area contributed by atoms with Gasteiger partial charge in [-0.2, -0.15) is 0 Å². The normalized spacial score (nSPS) is 16.9. The molecular weight excluding hydrogens is 240 g/mol. The van der Waals surface area contributed by atoms with E-state index in [-0.39, 0.29) is 0 Å². The van der Waals surface area contributed by atoms with Crippen LogP contribution in [0.25, 0.3) is 0 Å². The highest BCUT2D eigenvalue weighted by Gasteiger charge is 2.23. The van der Waals surface area contributed by atoms with E-state index in [1.807, 2.05) is 0 Å². The van der Waals surface area contributed by atoms with E-state index in [9.17, 15) is 4.79 Å². The minimum Gasteiger partial charge on any atom is -0.397 e. The first-order valence-corrected chi connectivity index (χ1v) is 6.79. The maximum atomic E-state index is 11.3. The Kier molecular flexibility index (Phi) is 3.93. The van der Waals surface area contributed by atoms with E-state index >= 15 is 0 Å². The molecule has 1 saturated heterocycles. The molecule has 0 radical (unpaired) electrons. The van der Waals surface area contributed by atoms with Crippen molar-refractivity contribution >= 4 is 17.4 Å². The van der Waals surface area contributed by atoms with Gasteiger partial charge in [0.25, 0.3) is 5.91 Å². The van der Waals surface area contributed by atoms with Crippen molar-refractivity contribution in [1.82, 2.24) is 4.98 Å². The minimum absolute atomic E-state index is 0.341. The number of hydrogen-bond donors (Lipinski definition) is 2. The molecule has 1 aromatic heterocycles. The molecule has 0 bridgehead atoms. The fourth-order valence-electron chi connectivity index (χ4n) is 2.64. The molecule has 1 aliphatic rings. The maximum absolute atomic E-state index is 11.3. The summed E-state index contributed by atoms with van der Waals surface area (Å²) in [5.74, 6) is 1.80. The molecule has 1 aromatic rings. The van der Waals surface area contributed by atoms with Crippen molar-refractivity contribution in [2.75, 3.05) is 23.7 Å². The van der Waals surface area contributed by atoms with Crippen LogP contribution in [0.15, 0.2) is 12.3 Å². The Hall–Kier alpha value is -1.78. The standard InChI is InChI=1S/C14H22N4O/c1-9(2)10-3-5-18(6-4-10)13-7-11(14(16)19)12(15)8-17-13/h7-10H,3-6,15H2,1-2H3,(H2,16,19). The average molecular weight is 262 g/mol. The first-order valence-electron chi connectivity index (χ1n) is 6.79. The number of rotatable bonds is 3. The molecule has 0 aliphatic carbocycles. The lowest BCUT2D eigenvalue weighted by Crippen LogP contribution is -2.36. The van der Waals surface area contributed by atoms with Crippen LogP contribution >= 0.6 is 0 Å². The lowest BCUT2D eigenvalue weighted by atomic mass is 9.87. The number of nitrogens with two attached hydrogens (primary N) is 2. The number of amides is 1. The van der Waals surface area contributed by atoms with Gasteiger partial charge in [-0.15, -0.1) is 0 Å². The molecule has 2 rings (SSSR count). The smallest absolute Gasteiger partial charge is 0.250 e. The number of aromatic nitrogens is 1. The van der Waals surface area contributed by atoms with Crippen molar-refractivity contribution in [3.63, 3.8) is 0 Å². The predicted molar refractivity (Wildman–Crippen MR) is 76.9 cm³/mol. The number of hydrogen-bond acceptors (Lipinski definition) is 4. The van der Waals surface area contributed by atoms with Crippen LogP contribution in [0.4, 0.5) is 11.5 Å². The lowest BCUT2D eigenvalue weighted by Gasteiger charge is -2.34. The molecule has 0 spiro atoms. The zero-order valence-corrected chi connectivity index (χ0v) is 11.6. The average Bonchev–Trinajstić information content (AvgIpc) is 2.39. The Morgan fingerprint density at radius 2 is 2.05 bits per heavy atom. The molecule has 4 N–H and O–H groups in total. The van der Waals surface area contributed by atoms with Gasteiger partial charge in [0.15, 0.2) is 0 Å². The molecular formula is C14H22N4O. The van der Waals surface area contributed by atoms with Crippen molar-refractivity contribution in [3.8, 4) is 0 Å². The molecule has 2 heterocycles. The number of nitrogens with zero attached hydrogens (tertiary/aromatic N) is 2. The zero-order chi connectivity index (χ0) is 14.0. The fourth-order valence-corrected chi connectivity index (χ4v) is 2.64. The highest BCUT2D eigenvalue weighted by molar-refractivity contribution is 5.98. The van der Waals surface area contributed by atoms with Crippen LogP contribution in [0, 0.1) is 11.8 Å². The number of carbonyl (C=O) groups excluding carboxylic acids is 1. The number of pyridine rings is 1. The van der Waals surface area contributed by atoms with Gasteiger partial charge < -0.3 is 16.4 Å². The highest BCUT2D eigenvalue weighted by atomic mass is 16.1. The van der Waals surface area contributed by atoms with E-state index in [0.717, 1.165) is 43.6 Å². The first kappa shape index (κ1) is 13.6. The monoisotopic (exact) mass is 262 g/mol. The van der Waals surface area contributed by atoms with E-state index in [0.29, 0.717) is 11.3 Å². The van der Waals surface area contributed by atoms with Crippen LogP contribution in [0.1, 0.15) is 37.0 Å². The topological polar surface area (TPSA) is 85.2 Å². The summed E-state index contributed by atoms with van der Waals surface area (Å²) in [6, 6.07) is 1.70. The number of anilines is 2. The second kappa shape index (κ2) is 5.47. The third kappa shape index (κ3) is 2.97. The summed E-state index contributed by atoms with van der Waals surface area (Å²) in [6.07, 6.45) is 3.84. The fraction of sp³-hybridized carbons (Fsp3) is 0.571. The van der Waals surface area contributed by atoms with Crippen molar-refractivity contribution in [2.45, 2.75) is 26.7 Å². The van der Waals surface area contributed by atoms with Crippen LogP contribution in [0.3, 0.4) is 0 Å². The van der Waals surface area contributed by atoms with Crippen molar-refractivity contribution in [2.24, 2.45) is 17.6 Å². The van der Waals surface area contributed by atoms with E-state index in [4.69, 9.17) is 11.5 Å². The summed E-state index contributed by atoms with van der Waals surface area (Å²) in [7, 11) is 0. The number of nitrogen functional groups attached to an aromatic ring is 1. The molecule has 5 heteroatoms. The molecule has 5 nitrogen and oxygen atoms in total. The molecule has 0 unspecified atom stereocenters. The van der Waals surface area contributed by atoms with Crippen molar-refractivity contribution in [3.05, 3.63) is 17.8 Å². The Morgan fingerprint density at radius 1 is 1.42 bits per heavy atom. The van der Waals surface area contributed by atoms with Crippen molar-refractivity contribution in [1.29, 1.82) is 0 Å². The van der Waals surface area contributed by atoms with Gasteiger partial charge in [0.1, 0.15) is 5.82 Å². The molecule has 0 atom stereocenters.